The van der Waals surface area contributed by atoms with Gasteiger partial charge in [0.1, 0.15) is 36.6 Å². The van der Waals surface area contributed by atoms with Crippen LogP contribution in [0.5, 0.6) is 0 Å². The number of ether oxygens (including phenoxy) is 2. The van der Waals surface area contributed by atoms with E-state index >= 15 is 0 Å². The average Bonchev–Trinajstić information content (AvgIpc) is 3.38. The molecule has 0 saturated carbocycles. The molecule has 1 rings (SSSR count). The average molecular weight is 1020 g/mol. The summed E-state index contributed by atoms with van der Waals surface area (Å²) in [5.74, 6) is -0.720. The van der Waals surface area contributed by atoms with Gasteiger partial charge in [-0.3, -0.25) is 4.79 Å². The van der Waals surface area contributed by atoms with Crippen LogP contribution in [0.4, 0.5) is 0 Å². The van der Waals surface area contributed by atoms with Crippen molar-refractivity contribution in [1.29, 1.82) is 0 Å². The van der Waals surface area contributed by atoms with Crippen LogP contribution < -0.4 is 5.32 Å². The predicted molar refractivity (Wildman–Crippen MR) is 298 cm³/mol. The van der Waals surface area contributed by atoms with E-state index in [2.05, 4.69) is 67.8 Å². The van der Waals surface area contributed by atoms with Crippen molar-refractivity contribution < 1.29 is 50.0 Å². The van der Waals surface area contributed by atoms with E-state index in [1.807, 2.05) is 0 Å². The van der Waals surface area contributed by atoms with Crippen LogP contribution in [0.2, 0.25) is 0 Å². The lowest BCUT2D eigenvalue weighted by atomic mass is 9.98. The summed E-state index contributed by atoms with van der Waals surface area (Å²) in [5, 5.41) is 76.1. The summed E-state index contributed by atoms with van der Waals surface area (Å²) in [7, 11) is 0. The summed E-state index contributed by atoms with van der Waals surface area (Å²) in [4.78, 5) is 13.2. The van der Waals surface area contributed by atoms with Gasteiger partial charge in [0, 0.05) is 0 Å². The van der Waals surface area contributed by atoms with E-state index in [0.29, 0.717) is 19.3 Å². The van der Waals surface area contributed by atoms with Gasteiger partial charge < -0.3 is 50.5 Å². The van der Waals surface area contributed by atoms with E-state index in [-0.39, 0.29) is 12.8 Å². The predicted octanol–water partition coefficient (Wildman–Crippen LogP) is 12.8. The first kappa shape index (κ1) is 68.1. The zero-order valence-electron chi connectivity index (χ0n) is 46.2. The van der Waals surface area contributed by atoms with E-state index in [4.69, 9.17) is 9.47 Å². The van der Waals surface area contributed by atoms with Crippen molar-refractivity contribution in [3.8, 4) is 0 Å². The molecule has 1 amide bonds. The molecular formula is C61H113NO10. The van der Waals surface area contributed by atoms with Crippen LogP contribution in [0.15, 0.2) is 48.6 Å². The third-order valence-electron chi connectivity index (χ3n) is 14.3. The number of rotatable bonds is 51. The van der Waals surface area contributed by atoms with E-state index in [1.165, 1.54) is 161 Å². The molecule has 11 heteroatoms. The van der Waals surface area contributed by atoms with E-state index < -0.39 is 74.2 Å². The molecule has 1 saturated heterocycles. The number of nitrogens with one attached hydrogen (secondary N) is 1. The molecule has 0 aromatic carbocycles. The molecule has 0 radical (unpaired) electrons. The number of amides is 1. The van der Waals surface area contributed by atoms with Gasteiger partial charge in [0.05, 0.1) is 25.4 Å². The van der Waals surface area contributed by atoms with Gasteiger partial charge >= 0.3 is 0 Å². The molecule has 1 fully saturated rings. The van der Waals surface area contributed by atoms with Gasteiger partial charge in [-0.05, 0) is 89.9 Å². The second-order valence-corrected chi connectivity index (χ2v) is 21.0. The number of carbonyl (C=O) groups excluding carboxylic acids is 1. The summed E-state index contributed by atoms with van der Waals surface area (Å²) >= 11 is 0. The smallest absolute Gasteiger partial charge is 0.249 e. The van der Waals surface area contributed by atoms with Gasteiger partial charge in [-0.25, -0.2) is 0 Å². The summed E-state index contributed by atoms with van der Waals surface area (Å²) in [6, 6.07) is -1.20. The number of hydrogen-bond acceptors (Lipinski definition) is 10. The zero-order valence-corrected chi connectivity index (χ0v) is 46.2. The summed E-state index contributed by atoms with van der Waals surface area (Å²) in [6.45, 7) is 3.45. The number of unbranched alkanes of at least 4 members (excludes halogenated alkanes) is 31. The first-order valence-electron chi connectivity index (χ1n) is 30.0. The minimum atomic E-state index is -1.68. The highest BCUT2D eigenvalue weighted by atomic mass is 16.7. The Hall–Kier alpha value is -1.93. The maximum atomic E-state index is 13.2. The number of carbonyl (C=O) groups is 1. The van der Waals surface area contributed by atoms with Gasteiger partial charge in [0.15, 0.2) is 6.29 Å². The fraction of sp³-hybridized carbons (Fsp3) is 0.852. The summed E-state index contributed by atoms with van der Waals surface area (Å²) in [6.07, 6.45) is 51.8. The monoisotopic (exact) mass is 1020 g/mol. The van der Waals surface area contributed by atoms with Crippen molar-refractivity contribution in [3.05, 3.63) is 48.6 Å². The zero-order chi connectivity index (χ0) is 52.5. The summed E-state index contributed by atoms with van der Waals surface area (Å²) in [5.41, 5.74) is 0. The standard InChI is InChI=1S/C61H113NO10/c1-3-5-7-9-11-13-15-17-19-21-22-23-24-25-26-27-28-29-30-31-33-34-36-38-40-42-44-46-48-53(64)56(66)52(51-71-61-59(69)58(68)57(67)55(50-63)72-61)62-60(70)54(65)49-47-45-43-41-39-37-35-32-20-18-16-14-12-10-8-6-4-2/h28-29,33-35,37,40,42,52-59,61,63-69H,3-27,30-32,36,38-39,41,43-51H2,1-2H3,(H,62,70)/b29-28+,34-33+,37-35-,42-40+. The molecule has 1 heterocycles. The first-order valence-corrected chi connectivity index (χ1v) is 30.0. The number of aliphatic hydroxyl groups excluding tert-OH is 7. The quantitative estimate of drug-likeness (QED) is 0.0215. The van der Waals surface area contributed by atoms with Crippen molar-refractivity contribution in [3.63, 3.8) is 0 Å². The van der Waals surface area contributed by atoms with Crippen molar-refractivity contribution in [2.45, 2.75) is 319 Å². The molecule has 9 atom stereocenters. The highest BCUT2D eigenvalue weighted by Gasteiger charge is 2.44. The fourth-order valence-electron chi connectivity index (χ4n) is 9.41. The van der Waals surface area contributed by atoms with Gasteiger partial charge in [-0.15, -0.1) is 0 Å². The molecule has 0 bridgehead atoms. The van der Waals surface area contributed by atoms with Crippen molar-refractivity contribution in [2.75, 3.05) is 13.2 Å². The molecule has 0 aromatic heterocycles. The highest BCUT2D eigenvalue weighted by molar-refractivity contribution is 5.80. The summed E-state index contributed by atoms with van der Waals surface area (Å²) < 4.78 is 11.1. The second kappa shape index (κ2) is 49.9. The molecule has 1 aliphatic rings. The molecule has 72 heavy (non-hydrogen) atoms. The molecule has 422 valence electrons. The van der Waals surface area contributed by atoms with Crippen LogP contribution >= 0.6 is 0 Å². The third kappa shape index (κ3) is 37.7. The Morgan fingerprint density at radius 3 is 1.24 bits per heavy atom. The largest absolute Gasteiger partial charge is 0.394 e. The van der Waals surface area contributed by atoms with E-state index in [1.54, 1.807) is 0 Å². The van der Waals surface area contributed by atoms with Gasteiger partial charge in [0.25, 0.3) is 0 Å². The Balaban J connectivity index is 2.33. The Bertz CT molecular complexity index is 1310. The highest BCUT2D eigenvalue weighted by Crippen LogP contribution is 2.23. The van der Waals surface area contributed by atoms with E-state index in [9.17, 15) is 40.5 Å². The van der Waals surface area contributed by atoms with Crippen molar-refractivity contribution in [2.24, 2.45) is 0 Å². The SMILES string of the molecule is CCCCCCCCCCC/C=C\CCCCCCC(O)C(=O)NC(COC1OC(CO)C(O)C(O)C1O)C(O)C(O)CCC/C=C/CC/C=C/CC/C=C/CCCCCCCCCCCCCCCCC. The number of allylic oxidation sites excluding steroid dienone is 8. The minimum absolute atomic E-state index is 0.234. The molecule has 11 nitrogen and oxygen atoms in total. The Morgan fingerprint density at radius 2 is 0.833 bits per heavy atom. The molecule has 1 aliphatic heterocycles. The maximum absolute atomic E-state index is 13.2. The third-order valence-corrected chi connectivity index (χ3v) is 14.3. The van der Waals surface area contributed by atoms with Crippen LogP contribution in [0.25, 0.3) is 0 Å². The molecular weight excluding hydrogens is 907 g/mol. The first-order chi connectivity index (χ1) is 35.2. The molecule has 0 aromatic rings. The lowest BCUT2D eigenvalue weighted by Crippen LogP contribution is -2.60. The van der Waals surface area contributed by atoms with Crippen LogP contribution in [-0.2, 0) is 14.3 Å². The van der Waals surface area contributed by atoms with Gasteiger partial charge in [-0.2, -0.15) is 0 Å². The second-order valence-electron chi connectivity index (χ2n) is 21.0. The minimum Gasteiger partial charge on any atom is -0.394 e. The topological polar surface area (TPSA) is 189 Å². The van der Waals surface area contributed by atoms with E-state index in [0.717, 1.165) is 57.8 Å². The van der Waals surface area contributed by atoms with Crippen LogP contribution in [0, 0.1) is 0 Å². The van der Waals surface area contributed by atoms with Crippen LogP contribution in [0.1, 0.15) is 264 Å². The maximum Gasteiger partial charge on any atom is 0.249 e. The van der Waals surface area contributed by atoms with Crippen LogP contribution in [-0.4, -0.2) is 110 Å². The lowest BCUT2D eigenvalue weighted by Gasteiger charge is -2.40. The normalized spacial score (nSPS) is 20.4. The molecule has 8 N–H and O–H groups in total. The van der Waals surface area contributed by atoms with Crippen LogP contribution in [0.3, 0.4) is 0 Å². The molecule has 0 spiro atoms. The number of aliphatic hydroxyl groups is 7. The van der Waals surface area contributed by atoms with Crippen molar-refractivity contribution >= 4 is 5.91 Å². The fourth-order valence-corrected chi connectivity index (χ4v) is 9.41. The lowest BCUT2D eigenvalue weighted by molar-refractivity contribution is -0.303. The Labute approximate surface area is 440 Å². The molecule has 9 unspecified atom stereocenters. The van der Waals surface area contributed by atoms with Gasteiger partial charge in [0.2, 0.25) is 5.91 Å². The van der Waals surface area contributed by atoms with Crippen molar-refractivity contribution in [1.82, 2.24) is 5.32 Å². The number of hydrogen-bond donors (Lipinski definition) is 8. The van der Waals surface area contributed by atoms with Gasteiger partial charge in [-0.1, -0.05) is 223 Å². The molecule has 0 aliphatic carbocycles. The Morgan fingerprint density at radius 1 is 0.472 bits per heavy atom. The Kier molecular flexibility index (Phi) is 47.2.